The molecular formula is C21H19BrN2O4. The third-order valence-corrected chi connectivity index (χ3v) is 5.22. The van der Waals surface area contributed by atoms with E-state index in [4.69, 9.17) is 24.0 Å². The SMILES string of the molecule is Brc1cc(OCC2CO2)ccc1-n1ccc(-c2ccc(OCC3CO3)cc2)n1. The lowest BCUT2D eigenvalue weighted by Crippen LogP contribution is -2.04. The molecular weight excluding hydrogens is 424 g/mol. The van der Waals surface area contributed by atoms with Crippen molar-refractivity contribution < 1.29 is 18.9 Å². The molecule has 0 radical (unpaired) electrons. The van der Waals surface area contributed by atoms with Gasteiger partial charge in [0.1, 0.15) is 36.9 Å². The molecule has 5 rings (SSSR count). The number of hydrogen-bond acceptors (Lipinski definition) is 5. The first kappa shape index (κ1) is 17.7. The highest BCUT2D eigenvalue weighted by Gasteiger charge is 2.23. The van der Waals surface area contributed by atoms with E-state index in [2.05, 4.69) is 15.9 Å². The average molecular weight is 443 g/mol. The van der Waals surface area contributed by atoms with Gasteiger partial charge in [0.2, 0.25) is 0 Å². The highest BCUT2D eigenvalue weighted by atomic mass is 79.9. The lowest BCUT2D eigenvalue weighted by molar-refractivity contribution is 0.263. The number of rotatable bonds is 8. The predicted molar refractivity (Wildman–Crippen MR) is 107 cm³/mol. The molecule has 3 aromatic rings. The maximum Gasteiger partial charge on any atom is 0.120 e. The number of hydrogen-bond donors (Lipinski definition) is 0. The summed E-state index contributed by atoms with van der Waals surface area (Å²) in [5.41, 5.74) is 2.88. The summed E-state index contributed by atoms with van der Waals surface area (Å²) in [6, 6.07) is 15.8. The van der Waals surface area contributed by atoms with E-state index < -0.39 is 0 Å². The average Bonchev–Trinajstić information content (AvgIpc) is 3.65. The van der Waals surface area contributed by atoms with Crippen molar-refractivity contribution >= 4 is 15.9 Å². The molecule has 144 valence electrons. The van der Waals surface area contributed by atoms with Gasteiger partial charge in [-0.25, -0.2) is 4.68 Å². The van der Waals surface area contributed by atoms with E-state index in [0.717, 1.165) is 46.1 Å². The van der Waals surface area contributed by atoms with Gasteiger partial charge in [0.25, 0.3) is 0 Å². The van der Waals surface area contributed by atoms with Crippen LogP contribution in [0.15, 0.2) is 59.2 Å². The van der Waals surface area contributed by atoms with Crippen molar-refractivity contribution in [2.24, 2.45) is 0 Å². The molecule has 0 aliphatic carbocycles. The molecule has 2 atom stereocenters. The van der Waals surface area contributed by atoms with Gasteiger partial charge in [0.15, 0.2) is 0 Å². The fraction of sp³-hybridized carbons (Fsp3) is 0.286. The minimum absolute atomic E-state index is 0.242. The molecule has 2 aliphatic rings. The van der Waals surface area contributed by atoms with Crippen LogP contribution in [0.2, 0.25) is 0 Å². The molecule has 2 aliphatic heterocycles. The van der Waals surface area contributed by atoms with E-state index in [9.17, 15) is 0 Å². The Hall–Kier alpha value is -2.35. The van der Waals surface area contributed by atoms with Crippen molar-refractivity contribution in [1.29, 1.82) is 0 Å². The summed E-state index contributed by atoms with van der Waals surface area (Å²) >= 11 is 3.62. The lowest BCUT2D eigenvalue weighted by Gasteiger charge is -2.09. The van der Waals surface area contributed by atoms with E-state index in [0.29, 0.717) is 13.2 Å². The lowest BCUT2D eigenvalue weighted by atomic mass is 10.1. The second kappa shape index (κ2) is 7.58. The van der Waals surface area contributed by atoms with Gasteiger partial charge in [0, 0.05) is 16.2 Å². The molecule has 2 fully saturated rings. The first-order chi connectivity index (χ1) is 13.7. The second-order valence-corrected chi connectivity index (χ2v) is 7.67. The zero-order chi connectivity index (χ0) is 18.9. The monoisotopic (exact) mass is 442 g/mol. The standard InChI is InChI=1S/C21H19BrN2O4/c22-19-9-16(26-11-18-13-28-18)5-6-21(19)24-8-7-20(23-24)14-1-3-15(4-2-14)25-10-17-12-27-17/h1-9,17-18H,10-13H2. The second-order valence-electron chi connectivity index (χ2n) is 6.82. The number of epoxide rings is 2. The van der Waals surface area contributed by atoms with Crippen molar-refractivity contribution in [1.82, 2.24) is 9.78 Å². The maximum absolute atomic E-state index is 5.72. The molecule has 0 amide bonds. The summed E-state index contributed by atoms with van der Waals surface area (Å²) in [4.78, 5) is 0. The molecule has 3 heterocycles. The molecule has 2 unspecified atom stereocenters. The summed E-state index contributed by atoms with van der Waals surface area (Å²) in [7, 11) is 0. The fourth-order valence-electron chi connectivity index (χ4n) is 2.80. The summed E-state index contributed by atoms with van der Waals surface area (Å²) in [5.74, 6) is 1.65. The van der Waals surface area contributed by atoms with Crippen LogP contribution in [-0.2, 0) is 9.47 Å². The van der Waals surface area contributed by atoms with Crippen LogP contribution in [0.1, 0.15) is 0 Å². The molecule has 7 heteroatoms. The Morgan fingerprint density at radius 2 is 1.57 bits per heavy atom. The number of benzene rings is 2. The molecule has 0 saturated carbocycles. The Morgan fingerprint density at radius 1 is 0.929 bits per heavy atom. The molecule has 1 aromatic heterocycles. The zero-order valence-corrected chi connectivity index (χ0v) is 16.7. The van der Waals surface area contributed by atoms with Crippen molar-refractivity contribution in [3.05, 3.63) is 59.2 Å². The quantitative estimate of drug-likeness (QED) is 0.495. The van der Waals surface area contributed by atoms with Crippen molar-refractivity contribution in [3.8, 4) is 28.4 Å². The minimum Gasteiger partial charge on any atom is -0.491 e. The number of nitrogens with zero attached hydrogens (tertiary/aromatic N) is 2. The smallest absolute Gasteiger partial charge is 0.120 e. The van der Waals surface area contributed by atoms with E-state index in [1.807, 2.05) is 59.4 Å². The minimum atomic E-state index is 0.242. The molecule has 6 nitrogen and oxygen atoms in total. The molecule has 2 aromatic carbocycles. The normalized spacial score (nSPS) is 20.0. The molecule has 0 bridgehead atoms. The van der Waals surface area contributed by atoms with Crippen LogP contribution in [0.5, 0.6) is 11.5 Å². The molecule has 0 spiro atoms. The van der Waals surface area contributed by atoms with Crippen molar-refractivity contribution in [2.75, 3.05) is 26.4 Å². The van der Waals surface area contributed by atoms with Gasteiger partial charge < -0.3 is 18.9 Å². The first-order valence-corrected chi connectivity index (χ1v) is 9.99. The number of halogens is 1. The largest absolute Gasteiger partial charge is 0.491 e. The van der Waals surface area contributed by atoms with E-state index >= 15 is 0 Å². The van der Waals surface area contributed by atoms with Crippen molar-refractivity contribution in [2.45, 2.75) is 12.2 Å². The molecule has 0 N–H and O–H groups in total. The molecule has 2 saturated heterocycles. The summed E-state index contributed by atoms with van der Waals surface area (Å²) in [6.45, 7) is 2.78. The van der Waals surface area contributed by atoms with Crippen LogP contribution < -0.4 is 9.47 Å². The predicted octanol–water partition coefficient (Wildman–Crippen LogP) is 3.86. The van der Waals surface area contributed by atoms with Gasteiger partial charge in [-0.2, -0.15) is 5.10 Å². The van der Waals surface area contributed by atoms with E-state index in [1.54, 1.807) is 0 Å². The van der Waals surface area contributed by atoms with E-state index in [1.165, 1.54) is 0 Å². The van der Waals surface area contributed by atoms with E-state index in [-0.39, 0.29) is 12.2 Å². The van der Waals surface area contributed by atoms with Crippen LogP contribution in [-0.4, -0.2) is 48.4 Å². The molecule has 28 heavy (non-hydrogen) atoms. The van der Waals surface area contributed by atoms with Crippen LogP contribution in [0, 0.1) is 0 Å². The van der Waals surface area contributed by atoms with Gasteiger partial charge in [-0.3, -0.25) is 0 Å². The van der Waals surface area contributed by atoms with Gasteiger partial charge in [0.05, 0.1) is 24.6 Å². The van der Waals surface area contributed by atoms with Gasteiger partial charge >= 0.3 is 0 Å². The summed E-state index contributed by atoms with van der Waals surface area (Å²) < 4.78 is 24.5. The van der Waals surface area contributed by atoms with Crippen LogP contribution in [0.4, 0.5) is 0 Å². The zero-order valence-electron chi connectivity index (χ0n) is 15.1. The summed E-state index contributed by atoms with van der Waals surface area (Å²) in [5, 5.41) is 4.70. The van der Waals surface area contributed by atoms with Gasteiger partial charge in [-0.15, -0.1) is 0 Å². The third-order valence-electron chi connectivity index (χ3n) is 4.58. The maximum atomic E-state index is 5.72. The fourth-order valence-corrected chi connectivity index (χ4v) is 3.34. The van der Waals surface area contributed by atoms with Crippen LogP contribution in [0.3, 0.4) is 0 Å². The third kappa shape index (κ3) is 4.22. The van der Waals surface area contributed by atoms with Crippen molar-refractivity contribution in [3.63, 3.8) is 0 Å². The number of aromatic nitrogens is 2. The first-order valence-electron chi connectivity index (χ1n) is 9.19. The Balaban J connectivity index is 1.28. The highest BCUT2D eigenvalue weighted by molar-refractivity contribution is 9.10. The number of ether oxygens (including phenoxy) is 4. The van der Waals surface area contributed by atoms with Crippen LogP contribution in [0.25, 0.3) is 16.9 Å². The topological polar surface area (TPSA) is 61.3 Å². The Morgan fingerprint density at radius 3 is 2.21 bits per heavy atom. The highest BCUT2D eigenvalue weighted by Crippen LogP contribution is 2.28. The Bertz CT molecular complexity index is 965. The van der Waals surface area contributed by atoms with Crippen LogP contribution >= 0.6 is 15.9 Å². The Kier molecular flexibility index (Phi) is 4.80. The Labute approximate surface area is 171 Å². The van der Waals surface area contributed by atoms with Gasteiger partial charge in [-0.1, -0.05) is 0 Å². The van der Waals surface area contributed by atoms with Gasteiger partial charge in [-0.05, 0) is 64.5 Å². The summed E-state index contributed by atoms with van der Waals surface area (Å²) in [6.07, 6.45) is 2.45.